The van der Waals surface area contributed by atoms with Gasteiger partial charge in [0.15, 0.2) is 5.96 Å². The Morgan fingerprint density at radius 1 is 1.46 bits per heavy atom. The van der Waals surface area contributed by atoms with Gasteiger partial charge >= 0.3 is 0 Å². The minimum absolute atomic E-state index is 0.239. The Labute approximate surface area is 153 Å². The predicted molar refractivity (Wildman–Crippen MR) is 99.4 cm³/mol. The van der Waals surface area contributed by atoms with Crippen LogP contribution in [0.15, 0.2) is 23.2 Å². The number of hydrogen-bond donors (Lipinski definition) is 2. The number of rotatable bonds is 5. The molecule has 0 spiro atoms. The van der Waals surface area contributed by atoms with Gasteiger partial charge < -0.3 is 16.0 Å². The Morgan fingerprint density at radius 3 is 2.92 bits per heavy atom. The van der Waals surface area contributed by atoms with Crippen LogP contribution >= 0.6 is 23.2 Å². The number of likely N-dealkylation sites (tertiary alicyclic amines) is 1. The van der Waals surface area contributed by atoms with Crippen LogP contribution in [0.2, 0.25) is 10.0 Å². The molecule has 1 aromatic rings. The number of amides is 1. The van der Waals surface area contributed by atoms with Gasteiger partial charge in [0, 0.05) is 36.1 Å². The SMILES string of the molecule is CCNC(=NCc1ccc(Cl)cc1Cl)N1CCCC(CC(N)=O)C1. The molecule has 0 bridgehead atoms. The molecular formula is C17H24Cl2N4O. The zero-order valence-corrected chi connectivity index (χ0v) is 15.4. The van der Waals surface area contributed by atoms with Crippen molar-refractivity contribution < 1.29 is 4.79 Å². The van der Waals surface area contributed by atoms with Crippen molar-refractivity contribution in [2.24, 2.45) is 16.6 Å². The molecular weight excluding hydrogens is 347 g/mol. The molecule has 0 radical (unpaired) electrons. The highest BCUT2D eigenvalue weighted by atomic mass is 35.5. The minimum atomic E-state index is -0.239. The van der Waals surface area contributed by atoms with E-state index in [2.05, 4.69) is 10.2 Å². The molecule has 1 heterocycles. The highest BCUT2D eigenvalue weighted by Gasteiger charge is 2.23. The molecule has 1 aromatic carbocycles. The lowest BCUT2D eigenvalue weighted by Gasteiger charge is -2.34. The number of nitrogens with two attached hydrogens (primary N) is 1. The maximum atomic E-state index is 11.2. The molecule has 1 atom stereocenters. The van der Waals surface area contributed by atoms with E-state index in [1.165, 1.54) is 0 Å². The number of aliphatic imine (C=N–C) groups is 1. The van der Waals surface area contributed by atoms with Crippen LogP contribution in [0.5, 0.6) is 0 Å². The van der Waals surface area contributed by atoms with E-state index >= 15 is 0 Å². The zero-order valence-electron chi connectivity index (χ0n) is 13.9. The molecule has 5 nitrogen and oxygen atoms in total. The van der Waals surface area contributed by atoms with Crippen LogP contribution in [0.25, 0.3) is 0 Å². The fraction of sp³-hybridized carbons (Fsp3) is 0.529. The Bertz CT molecular complexity index is 606. The van der Waals surface area contributed by atoms with Gasteiger partial charge in [0.25, 0.3) is 0 Å². The van der Waals surface area contributed by atoms with Gasteiger partial charge in [0.2, 0.25) is 5.91 Å². The van der Waals surface area contributed by atoms with E-state index in [0.29, 0.717) is 28.9 Å². The Kier molecular flexibility index (Phi) is 7.18. The number of piperidine rings is 1. The molecule has 2 rings (SSSR count). The summed E-state index contributed by atoms with van der Waals surface area (Å²) in [5.41, 5.74) is 6.27. The topological polar surface area (TPSA) is 70.7 Å². The number of halogens is 2. The van der Waals surface area contributed by atoms with Crippen molar-refractivity contribution in [1.29, 1.82) is 0 Å². The Hall–Kier alpha value is -1.46. The molecule has 1 saturated heterocycles. The molecule has 24 heavy (non-hydrogen) atoms. The number of nitrogens with zero attached hydrogens (tertiary/aromatic N) is 2. The lowest BCUT2D eigenvalue weighted by molar-refractivity contribution is -0.119. The molecule has 0 saturated carbocycles. The summed E-state index contributed by atoms with van der Waals surface area (Å²) in [5, 5.41) is 4.55. The van der Waals surface area contributed by atoms with Gasteiger partial charge in [0.05, 0.1) is 6.54 Å². The average molecular weight is 371 g/mol. The monoisotopic (exact) mass is 370 g/mol. The second-order valence-corrected chi connectivity index (χ2v) is 6.87. The van der Waals surface area contributed by atoms with Crippen LogP contribution in [0.1, 0.15) is 31.7 Å². The summed E-state index contributed by atoms with van der Waals surface area (Å²) in [7, 11) is 0. The summed E-state index contributed by atoms with van der Waals surface area (Å²) in [6, 6.07) is 5.43. The quantitative estimate of drug-likeness (QED) is 0.617. The van der Waals surface area contributed by atoms with Crippen LogP contribution < -0.4 is 11.1 Å². The normalized spacial score (nSPS) is 18.5. The summed E-state index contributed by atoms with van der Waals surface area (Å²) in [6.07, 6.45) is 2.49. The highest BCUT2D eigenvalue weighted by molar-refractivity contribution is 6.35. The van der Waals surface area contributed by atoms with Crippen LogP contribution in [-0.4, -0.2) is 36.4 Å². The summed E-state index contributed by atoms with van der Waals surface area (Å²) >= 11 is 12.1. The Morgan fingerprint density at radius 2 is 2.25 bits per heavy atom. The van der Waals surface area contributed by atoms with E-state index in [0.717, 1.165) is 44.0 Å². The molecule has 0 aromatic heterocycles. The van der Waals surface area contributed by atoms with Gasteiger partial charge in [0.1, 0.15) is 0 Å². The number of carbonyl (C=O) groups is 1. The first-order chi connectivity index (χ1) is 11.5. The Balaban J connectivity index is 2.08. The first-order valence-electron chi connectivity index (χ1n) is 8.25. The third-order valence-electron chi connectivity index (χ3n) is 4.06. The van der Waals surface area contributed by atoms with Gasteiger partial charge in [-0.15, -0.1) is 0 Å². The number of primary amides is 1. The van der Waals surface area contributed by atoms with Gasteiger partial charge in [-0.05, 0) is 43.4 Å². The van der Waals surface area contributed by atoms with Gasteiger partial charge in [-0.1, -0.05) is 29.3 Å². The summed E-state index contributed by atoms with van der Waals surface area (Å²) < 4.78 is 0. The van der Waals surface area contributed by atoms with Crippen molar-refractivity contribution in [3.05, 3.63) is 33.8 Å². The summed E-state index contributed by atoms with van der Waals surface area (Å²) in [5.74, 6) is 0.897. The van der Waals surface area contributed by atoms with E-state index < -0.39 is 0 Å². The molecule has 3 N–H and O–H groups in total. The zero-order chi connectivity index (χ0) is 17.5. The van der Waals surface area contributed by atoms with Crippen molar-refractivity contribution in [3.8, 4) is 0 Å². The van der Waals surface area contributed by atoms with Crippen LogP contribution in [0.3, 0.4) is 0 Å². The summed E-state index contributed by atoms with van der Waals surface area (Å²) in [4.78, 5) is 18.1. The molecule has 1 unspecified atom stereocenters. The maximum Gasteiger partial charge on any atom is 0.217 e. The molecule has 1 amide bonds. The van der Waals surface area contributed by atoms with E-state index in [1.807, 2.05) is 19.1 Å². The van der Waals surface area contributed by atoms with Crippen molar-refractivity contribution >= 4 is 35.1 Å². The number of carbonyl (C=O) groups excluding carboxylic acids is 1. The average Bonchev–Trinajstić information content (AvgIpc) is 2.52. The second kappa shape index (κ2) is 9.14. The predicted octanol–water partition coefficient (Wildman–Crippen LogP) is 3.05. The van der Waals surface area contributed by atoms with E-state index in [-0.39, 0.29) is 5.91 Å². The first kappa shape index (κ1) is 18.9. The van der Waals surface area contributed by atoms with E-state index in [4.69, 9.17) is 33.9 Å². The lowest BCUT2D eigenvalue weighted by atomic mass is 9.95. The van der Waals surface area contributed by atoms with Crippen LogP contribution in [-0.2, 0) is 11.3 Å². The highest BCUT2D eigenvalue weighted by Crippen LogP contribution is 2.22. The molecule has 0 aliphatic carbocycles. The molecule has 132 valence electrons. The van der Waals surface area contributed by atoms with Gasteiger partial charge in [-0.3, -0.25) is 4.79 Å². The minimum Gasteiger partial charge on any atom is -0.370 e. The maximum absolute atomic E-state index is 11.2. The third kappa shape index (κ3) is 5.56. The number of guanidine groups is 1. The van der Waals surface area contributed by atoms with Gasteiger partial charge in [-0.2, -0.15) is 0 Å². The van der Waals surface area contributed by atoms with Crippen LogP contribution in [0.4, 0.5) is 0 Å². The number of hydrogen-bond acceptors (Lipinski definition) is 2. The third-order valence-corrected chi connectivity index (χ3v) is 4.64. The fourth-order valence-corrected chi connectivity index (χ4v) is 3.41. The smallest absolute Gasteiger partial charge is 0.217 e. The fourth-order valence-electron chi connectivity index (χ4n) is 2.94. The molecule has 1 aliphatic heterocycles. The van der Waals surface area contributed by atoms with Crippen LogP contribution in [0, 0.1) is 5.92 Å². The van der Waals surface area contributed by atoms with Crippen molar-refractivity contribution in [3.63, 3.8) is 0 Å². The second-order valence-electron chi connectivity index (χ2n) is 6.03. The largest absolute Gasteiger partial charge is 0.370 e. The van der Waals surface area contributed by atoms with E-state index in [1.54, 1.807) is 6.07 Å². The molecule has 7 heteroatoms. The molecule has 1 aliphatic rings. The van der Waals surface area contributed by atoms with Gasteiger partial charge in [-0.25, -0.2) is 4.99 Å². The van der Waals surface area contributed by atoms with Crippen molar-refractivity contribution in [2.75, 3.05) is 19.6 Å². The number of nitrogens with one attached hydrogen (secondary N) is 1. The number of benzene rings is 1. The summed E-state index contributed by atoms with van der Waals surface area (Å²) in [6.45, 7) is 5.02. The van der Waals surface area contributed by atoms with E-state index in [9.17, 15) is 4.79 Å². The van der Waals surface area contributed by atoms with Crippen molar-refractivity contribution in [2.45, 2.75) is 32.7 Å². The lowest BCUT2D eigenvalue weighted by Crippen LogP contribution is -2.47. The first-order valence-corrected chi connectivity index (χ1v) is 9.00. The van der Waals surface area contributed by atoms with Crippen molar-refractivity contribution in [1.82, 2.24) is 10.2 Å². The molecule has 1 fully saturated rings. The standard InChI is InChI=1S/C17H24Cl2N4O/c1-2-21-17(22-10-13-5-6-14(18)9-15(13)19)23-7-3-4-12(11-23)8-16(20)24/h5-6,9,12H,2-4,7-8,10-11H2,1H3,(H2,20,24)(H,21,22).